The van der Waals surface area contributed by atoms with Gasteiger partial charge in [-0.3, -0.25) is 0 Å². The fourth-order valence-electron chi connectivity index (χ4n) is 2.22. The van der Waals surface area contributed by atoms with E-state index < -0.39 is 0 Å². The van der Waals surface area contributed by atoms with Crippen LogP contribution < -0.4 is 10.2 Å². The highest BCUT2D eigenvalue weighted by atomic mass is 35.5. The van der Waals surface area contributed by atoms with Crippen molar-refractivity contribution in [2.45, 2.75) is 32.7 Å². The summed E-state index contributed by atoms with van der Waals surface area (Å²) in [6.07, 6.45) is 3.23. The van der Waals surface area contributed by atoms with Crippen LogP contribution in [-0.2, 0) is 13.0 Å². The minimum atomic E-state index is 0.566. The molecule has 0 saturated heterocycles. The van der Waals surface area contributed by atoms with E-state index in [4.69, 9.17) is 11.6 Å². The van der Waals surface area contributed by atoms with Gasteiger partial charge in [-0.1, -0.05) is 37.1 Å². The molecule has 0 spiro atoms. The number of H-pyrrole nitrogens is 1. The Hall–Kier alpha value is -1.68. The molecule has 1 aromatic carbocycles. The van der Waals surface area contributed by atoms with Crippen LogP contribution in [0.15, 0.2) is 24.3 Å². The fraction of sp³-hybridized carbons (Fsp3) is 0.438. The van der Waals surface area contributed by atoms with Crippen molar-refractivity contribution in [2.24, 2.45) is 0 Å². The van der Waals surface area contributed by atoms with Crippen molar-refractivity contribution in [2.75, 3.05) is 24.3 Å². The van der Waals surface area contributed by atoms with Crippen molar-refractivity contribution in [1.29, 1.82) is 0 Å². The van der Waals surface area contributed by atoms with Gasteiger partial charge < -0.3 is 15.2 Å². The van der Waals surface area contributed by atoms with E-state index in [0.717, 1.165) is 42.2 Å². The van der Waals surface area contributed by atoms with Crippen LogP contribution in [0.1, 0.15) is 31.3 Å². The molecule has 1 heterocycles. The molecule has 2 N–H and O–H groups in total. The van der Waals surface area contributed by atoms with Crippen molar-refractivity contribution < 1.29 is 0 Å². The maximum absolute atomic E-state index is 6.20. The first-order valence-corrected chi connectivity index (χ1v) is 7.73. The van der Waals surface area contributed by atoms with Crippen molar-refractivity contribution >= 4 is 23.0 Å². The molecule has 0 bridgehead atoms. The molecule has 21 heavy (non-hydrogen) atoms. The minimum absolute atomic E-state index is 0.566. The van der Waals surface area contributed by atoms with Crippen LogP contribution in [0.2, 0.25) is 5.15 Å². The third-order valence-electron chi connectivity index (χ3n) is 3.39. The summed E-state index contributed by atoms with van der Waals surface area (Å²) in [4.78, 5) is 9.78. The molecule has 0 unspecified atom stereocenters. The van der Waals surface area contributed by atoms with Crippen LogP contribution in [0, 0.1) is 0 Å². The van der Waals surface area contributed by atoms with E-state index in [1.165, 1.54) is 0 Å². The summed E-state index contributed by atoms with van der Waals surface area (Å²) in [6.45, 7) is 2.81. The zero-order chi connectivity index (χ0) is 15.2. The van der Waals surface area contributed by atoms with Crippen LogP contribution in [-0.4, -0.2) is 24.1 Å². The van der Waals surface area contributed by atoms with Gasteiger partial charge in [0.2, 0.25) is 0 Å². The van der Waals surface area contributed by atoms with Crippen molar-refractivity contribution in [3.8, 4) is 0 Å². The monoisotopic (exact) mass is 306 g/mol. The number of anilines is 2. The number of aromatic amines is 1. The lowest BCUT2D eigenvalue weighted by atomic mass is 10.2. The number of nitrogens with one attached hydrogen (secondary N) is 2. The average molecular weight is 307 g/mol. The number of para-hydroxylation sites is 2. The number of unbranched alkanes of at least 4 members (excludes halogenated alkanes) is 1. The average Bonchev–Trinajstić information content (AvgIpc) is 2.83. The summed E-state index contributed by atoms with van der Waals surface area (Å²) in [5.41, 5.74) is 3.18. The molecule has 0 aliphatic heterocycles. The van der Waals surface area contributed by atoms with Crippen LogP contribution in [0.5, 0.6) is 0 Å². The second-order valence-corrected chi connectivity index (χ2v) is 5.68. The van der Waals surface area contributed by atoms with E-state index in [9.17, 15) is 0 Å². The van der Waals surface area contributed by atoms with Gasteiger partial charge in [0, 0.05) is 20.5 Å². The lowest BCUT2D eigenvalue weighted by Gasteiger charge is -2.18. The standard InChI is InChI=1S/C16H23ClN4/c1-4-5-10-15-19-13(16(17)20-15)11-18-12-8-6-7-9-14(12)21(2)3/h6-9,18H,4-5,10-11H2,1-3H3,(H,19,20). The number of rotatable bonds is 7. The lowest BCUT2D eigenvalue weighted by Crippen LogP contribution is -2.12. The Morgan fingerprint density at radius 2 is 2.05 bits per heavy atom. The second kappa shape index (κ2) is 7.36. The minimum Gasteiger partial charge on any atom is -0.378 e. The van der Waals surface area contributed by atoms with Gasteiger partial charge in [0.25, 0.3) is 0 Å². The quantitative estimate of drug-likeness (QED) is 0.810. The van der Waals surface area contributed by atoms with Crippen molar-refractivity contribution in [3.05, 3.63) is 40.9 Å². The molecule has 0 fully saturated rings. The SMILES string of the molecule is CCCCc1nc(Cl)c(CNc2ccccc2N(C)C)[nH]1. The van der Waals surface area contributed by atoms with Crippen LogP contribution >= 0.6 is 11.6 Å². The summed E-state index contributed by atoms with van der Waals surface area (Å²) < 4.78 is 0. The van der Waals surface area contributed by atoms with Gasteiger partial charge in [-0.15, -0.1) is 0 Å². The predicted molar refractivity (Wildman–Crippen MR) is 90.3 cm³/mol. The molecule has 4 nitrogen and oxygen atoms in total. The number of benzene rings is 1. The smallest absolute Gasteiger partial charge is 0.152 e. The van der Waals surface area contributed by atoms with E-state index in [1.807, 2.05) is 26.2 Å². The Morgan fingerprint density at radius 3 is 2.76 bits per heavy atom. The maximum atomic E-state index is 6.20. The van der Waals surface area contributed by atoms with Gasteiger partial charge in [0.1, 0.15) is 5.82 Å². The summed E-state index contributed by atoms with van der Waals surface area (Å²) in [7, 11) is 4.07. The summed E-state index contributed by atoms with van der Waals surface area (Å²) in [5.74, 6) is 0.972. The molecule has 2 aromatic rings. The summed E-state index contributed by atoms with van der Waals surface area (Å²) in [5, 5.41) is 3.99. The highest BCUT2D eigenvalue weighted by Gasteiger charge is 2.09. The molecule has 5 heteroatoms. The van der Waals surface area contributed by atoms with Crippen LogP contribution in [0.4, 0.5) is 11.4 Å². The molecular weight excluding hydrogens is 284 g/mol. The Labute approximate surface area is 131 Å². The second-order valence-electron chi connectivity index (χ2n) is 5.32. The molecule has 0 aliphatic rings. The van der Waals surface area contributed by atoms with Crippen LogP contribution in [0.25, 0.3) is 0 Å². The third kappa shape index (κ3) is 4.14. The van der Waals surface area contributed by atoms with Gasteiger partial charge in [-0.25, -0.2) is 4.98 Å². The zero-order valence-electron chi connectivity index (χ0n) is 12.9. The van der Waals surface area contributed by atoms with Gasteiger partial charge in [0.15, 0.2) is 5.15 Å². The number of aromatic nitrogens is 2. The van der Waals surface area contributed by atoms with Crippen molar-refractivity contribution in [1.82, 2.24) is 9.97 Å². The number of hydrogen-bond acceptors (Lipinski definition) is 3. The van der Waals surface area contributed by atoms with Crippen molar-refractivity contribution in [3.63, 3.8) is 0 Å². The normalized spacial score (nSPS) is 10.7. The topological polar surface area (TPSA) is 44.0 Å². The third-order valence-corrected chi connectivity index (χ3v) is 3.70. The van der Waals surface area contributed by atoms with Crippen LogP contribution in [0.3, 0.4) is 0 Å². The van der Waals surface area contributed by atoms with Gasteiger partial charge in [-0.2, -0.15) is 0 Å². The van der Waals surface area contributed by atoms with Gasteiger partial charge in [0.05, 0.1) is 23.6 Å². The zero-order valence-corrected chi connectivity index (χ0v) is 13.7. The Balaban J connectivity index is 2.05. The number of halogens is 1. The van der Waals surface area contributed by atoms with Gasteiger partial charge >= 0.3 is 0 Å². The number of hydrogen-bond donors (Lipinski definition) is 2. The molecule has 0 atom stereocenters. The summed E-state index contributed by atoms with van der Waals surface area (Å²) >= 11 is 6.20. The molecule has 114 valence electrons. The lowest BCUT2D eigenvalue weighted by molar-refractivity contribution is 0.760. The van der Waals surface area contributed by atoms with E-state index in [1.54, 1.807) is 0 Å². The predicted octanol–water partition coefficient (Wildman–Crippen LogP) is 4.08. The van der Waals surface area contributed by atoms with E-state index >= 15 is 0 Å². The molecular formula is C16H23ClN4. The first-order chi connectivity index (χ1) is 10.1. The molecule has 0 aliphatic carbocycles. The molecule has 0 amide bonds. The molecule has 0 radical (unpaired) electrons. The number of aryl methyl sites for hydroxylation is 1. The maximum Gasteiger partial charge on any atom is 0.152 e. The van der Waals surface area contributed by atoms with E-state index in [0.29, 0.717) is 11.7 Å². The number of nitrogens with zero attached hydrogens (tertiary/aromatic N) is 2. The number of imidazole rings is 1. The Kier molecular flexibility index (Phi) is 5.51. The Morgan fingerprint density at radius 1 is 1.29 bits per heavy atom. The first kappa shape index (κ1) is 15.7. The summed E-state index contributed by atoms with van der Waals surface area (Å²) in [6, 6.07) is 8.21. The highest BCUT2D eigenvalue weighted by Crippen LogP contribution is 2.24. The van der Waals surface area contributed by atoms with E-state index in [2.05, 4.69) is 39.2 Å². The molecule has 2 rings (SSSR count). The largest absolute Gasteiger partial charge is 0.378 e. The highest BCUT2D eigenvalue weighted by molar-refractivity contribution is 6.30. The molecule has 0 saturated carbocycles. The van der Waals surface area contributed by atoms with E-state index in [-0.39, 0.29) is 0 Å². The Bertz CT molecular complexity index is 577. The fourth-order valence-corrected chi connectivity index (χ4v) is 2.43. The molecule has 1 aromatic heterocycles. The van der Waals surface area contributed by atoms with Gasteiger partial charge in [-0.05, 0) is 18.6 Å². The first-order valence-electron chi connectivity index (χ1n) is 7.35.